The summed E-state index contributed by atoms with van der Waals surface area (Å²) in [6, 6.07) is 6.32. The lowest BCUT2D eigenvalue weighted by Crippen LogP contribution is -2.26. The van der Waals surface area contributed by atoms with Gasteiger partial charge in [0.15, 0.2) is 0 Å². The molecule has 0 unspecified atom stereocenters. The van der Waals surface area contributed by atoms with Crippen LogP contribution in [0.2, 0.25) is 0 Å². The zero-order valence-corrected chi connectivity index (χ0v) is 11.6. The summed E-state index contributed by atoms with van der Waals surface area (Å²) < 4.78 is 1.21. The standard InChI is InChI=1S/C11H15IN2S/c12-9-2-3-11(10(13)8-9)14-4-1-6-15-7-5-14/h2-3,8H,1,4-7,13H2. The number of hydrogen-bond acceptors (Lipinski definition) is 3. The number of nitrogens with zero attached hydrogens (tertiary/aromatic N) is 1. The molecule has 1 saturated heterocycles. The number of nitrogens with two attached hydrogens (primary N) is 1. The van der Waals surface area contributed by atoms with Gasteiger partial charge in [0.2, 0.25) is 0 Å². The summed E-state index contributed by atoms with van der Waals surface area (Å²) in [6.45, 7) is 2.26. The van der Waals surface area contributed by atoms with Gasteiger partial charge in [-0.25, -0.2) is 0 Å². The summed E-state index contributed by atoms with van der Waals surface area (Å²) in [5.41, 5.74) is 8.17. The number of rotatable bonds is 1. The monoisotopic (exact) mass is 334 g/mol. The van der Waals surface area contributed by atoms with Crippen LogP contribution in [0.5, 0.6) is 0 Å². The molecule has 1 aliphatic rings. The van der Waals surface area contributed by atoms with Crippen LogP contribution in [-0.4, -0.2) is 24.6 Å². The molecule has 1 aromatic rings. The zero-order chi connectivity index (χ0) is 10.7. The fourth-order valence-electron chi connectivity index (χ4n) is 1.80. The van der Waals surface area contributed by atoms with Gasteiger partial charge in [-0.2, -0.15) is 11.8 Å². The molecule has 2 nitrogen and oxygen atoms in total. The Labute approximate surface area is 109 Å². The molecule has 0 saturated carbocycles. The molecule has 0 radical (unpaired) electrons. The van der Waals surface area contributed by atoms with Crippen LogP contribution in [0.4, 0.5) is 11.4 Å². The van der Waals surface area contributed by atoms with Gasteiger partial charge in [-0.05, 0) is 53.0 Å². The lowest BCUT2D eigenvalue weighted by atomic mass is 10.2. The predicted molar refractivity (Wildman–Crippen MR) is 77.7 cm³/mol. The van der Waals surface area contributed by atoms with Crippen molar-refractivity contribution in [3.05, 3.63) is 21.8 Å². The second kappa shape index (κ2) is 5.30. The molecule has 0 amide bonds. The summed E-state index contributed by atoms with van der Waals surface area (Å²) in [6.07, 6.45) is 1.26. The molecule has 4 heteroatoms. The minimum absolute atomic E-state index is 0.911. The molecule has 1 aromatic carbocycles. The van der Waals surface area contributed by atoms with Crippen LogP contribution in [0.1, 0.15) is 6.42 Å². The van der Waals surface area contributed by atoms with E-state index in [0.717, 1.165) is 18.8 Å². The Morgan fingerprint density at radius 1 is 1.27 bits per heavy atom. The molecule has 15 heavy (non-hydrogen) atoms. The van der Waals surface area contributed by atoms with Crippen LogP contribution in [0.3, 0.4) is 0 Å². The van der Waals surface area contributed by atoms with Crippen molar-refractivity contribution in [3.8, 4) is 0 Å². The third-order valence-electron chi connectivity index (χ3n) is 2.55. The normalized spacial score (nSPS) is 17.5. The maximum Gasteiger partial charge on any atom is 0.0600 e. The minimum atomic E-state index is 0.911. The second-order valence-corrected chi connectivity index (χ2v) is 6.13. The van der Waals surface area contributed by atoms with E-state index in [1.54, 1.807) is 0 Å². The molecular weight excluding hydrogens is 319 g/mol. The van der Waals surface area contributed by atoms with Crippen molar-refractivity contribution in [2.75, 3.05) is 35.2 Å². The Balaban J connectivity index is 2.19. The topological polar surface area (TPSA) is 29.3 Å². The molecule has 1 aliphatic heterocycles. The van der Waals surface area contributed by atoms with Gasteiger partial charge in [0.05, 0.1) is 11.4 Å². The Hall–Kier alpha value is -0.100. The predicted octanol–water partition coefficient (Wildman–Crippen LogP) is 2.82. The van der Waals surface area contributed by atoms with Crippen molar-refractivity contribution in [2.45, 2.75) is 6.42 Å². The highest BCUT2D eigenvalue weighted by Gasteiger charge is 2.12. The molecule has 0 atom stereocenters. The van der Waals surface area contributed by atoms with Crippen LogP contribution in [0.15, 0.2) is 18.2 Å². The maximum absolute atomic E-state index is 6.05. The first-order chi connectivity index (χ1) is 7.27. The molecule has 1 heterocycles. The van der Waals surface area contributed by atoms with Gasteiger partial charge >= 0.3 is 0 Å². The highest BCUT2D eigenvalue weighted by molar-refractivity contribution is 14.1. The van der Waals surface area contributed by atoms with Gasteiger partial charge in [0.1, 0.15) is 0 Å². The van der Waals surface area contributed by atoms with Gasteiger partial charge in [-0.15, -0.1) is 0 Å². The number of hydrogen-bond donors (Lipinski definition) is 1. The minimum Gasteiger partial charge on any atom is -0.397 e. The van der Waals surface area contributed by atoms with E-state index in [1.807, 2.05) is 17.8 Å². The molecule has 2 N–H and O–H groups in total. The smallest absolute Gasteiger partial charge is 0.0600 e. The van der Waals surface area contributed by atoms with Gasteiger partial charge in [0, 0.05) is 22.4 Å². The number of halogens is 1. The van der Waals surface area contributed by atoms with Crippen molar-refractivity contribution < 1.29 is 0 Å². The van der Waals surface area contributed by atoms with Gasteiger partial charge < -0.3 is 10.6 Å². The Kier molecular flexibility index (Phi) is 4.02. The lowest BCUT2D eigenvalue weighted by molar-refractivity contribution is 0.817. The molecule has 2 rings (SSSR count). The first-order valence-corrected chi connectivity index (χ1v) is 7.38. The first-order valence-electron chi connectivity index (χ1n) is 5.15. The zero-order valence-electron chi connectivity index (χ0n) is 8.58. The maximum atomic E-state index is 6.05. The molecule has 0 aromatic heterocycles. The van der Waals surface area contributed by atoms with Gasteiger partial charge in [-0.1, -0.05) is 0 Å². The van der Waals surface area contributed by atoms with Crippen LogP contribution < -0.4 is 10.6 Å². The second-order valence-electron chi connectivity index (χ2n) is 3.66. The Bertz CT molecular complexity index is 335. The number of thioether (sulfide) groups is 1. The SMILES string of the molecule is Nc1cc(I)ccc1N1CCCSCC1. The fourth-order valence-corrected chi connectivity index (χ4v) is 3.20. The summed E-state index contributed by atoms with van der Waals surface area (Å²) in [4.78, 5) is 2.41. The number of benzene rings is 1. The third-order valence-corrected chi connectivity index (χ3v) is 4.27. The van der Waals surface area contributed by atoms with E-state index in [0.29, 0.717) is 0 Å². The van der Waals surface area contributed by atoms with Crippen LogP contribution in [0.25, 0.3) is 0 Å². The van der Waals surface area contributed by atoms with E-state index < -0.39 is 0 Å². The van der Waals surface area contributed by atoms with Crippen LogP contribution >= 0.6 is 34.4 Å². The van der Waals surface area contributed by atoms with E-state index in [-0.39, 0.29) is 0 Å². The van der Waals surface area contributed by atoms with Crippen molar-refractivity contribution in [1.29, 1.82) is 0 Å². The third kappa shape index (κ3) is 2.93. The Morgan fingerprint density at radius 3 is 2.93 bits per heavy atom. The molecule has 1 fully saturated rings. The van der Waals surface area contributed by atoms with E-state index >= 15 is 0 Å². The molecule has 0 aliphatic carbocycles. The largest absolute Gasteiger partial charge is 0.397 e. The fraction of sp³-hybridized carbons (Fsp3) is 0.455. The van der Waals surface area contributed by atoms with Crippen molar-refractivity contribution in [2.24, 2.45) is 0 Å². The van der Waals surface area contributed by atoms with E-state index in [9.17, 15) is 0 Å². The van der Waals surface area contributed by atoms with Gasteiger partial charge in [-0.3, -0.25) is 0 Å². The molecule has 0 spiro atoms. The Morgan fingerprint density at radius 2 is 2.13 bits per heavy atom. The summed E-state index contributed by atoms with van der Waals surface area (Å²) in [5, 5.41) is 0. The first kappa shape index (κ1) is 11.4. The van der Waals surface area contributed by atoms with Crippen molar-refractivity contribution in [3.63, 3.8) is 0 Å². The van der Waals surface area contributed by atoms with Gasteiger partial charge in [0.25, 0.3) is 0 Å². The molecule has 0 bridgehead atoms. The van der Waals surface area contributed by atoms with E-state index in [2.05, 4.69) is 39.6 Å². The summed E-state index contributed by atoms with van der Waals surface area (Å²) in [7, 11) is 0. The highest BCUT2D eigenvalue weighted by Crippen LogP contribution is 2.26. The molecule has 82 valence electrons. The lowest BCUT2D eigenvalue weighted by Gasteiger charge is -2.23. The molecular formula is C11H15IN2S. The van der Waals surface area contributed by atoms with E-state index in [4.69, 9.17) is 5.73 Å². The van der Waals surface area contributed by atoms with E-state index in [1.165, 1.54) is 27.2 Å². The van der Waals surface area contributed by atoms with Crippen molar-refractivity contribution >= 4 is 45.7 Å². The average molecular weight is 334 g/mol. The van der Waals surface area contributed by atoms with Crippen molar-refractivity contribution in [1.82, 2.24) is 0 Å². The summed E-state index contributed by atoms with van der Waals surface area (Å²) in [5.74, 6) is 2.49. The number of anilines is 2. The van der Waals surface area contributed by atoms with Crippen LogP contribution in [0, 0.1) is 3.57 Å². The number of nitrogen functional groups attached to an aromatic ring is 1. The highest BCUT2D eigenvalue weighted by atomic mass is 127. The van der Waals surface area contributed by atoms with Crippen LogP contribution in [-0.2, 0) is 0 Å². The average Bonchev–Trinajstić information content (AvgIpc) is 2.46. The quantitative estimate of drug-likeness (QED) is 0.633. The summed E-state index contributed by atoms with van der Waals surface area (Å²) >= 11 is 4.34.